The van der Waals surface area contributed by atoms with E-state index in [9.17, 15) is 4.79 Å². The van der Waals surface area contributed by atoms with Crippen LogP contribution in [0.3, 0.4) is 0 Å². The van der Waals surface area contributed by atoms with Crippen LogP contribution < -0.4 is 5.32 Å². The third kappa shape index (κ3) is 3.96. The van der Waals surface area contributed by atoms with Crippen LogP contribution in [0.4, 0.5) is 0 Å². The number of hydrogen-bond donors (Lipinski definition) is 1. The zero-order valence-electron chi connectivity index (χ0n) is 11.5. The molecule has 1 saturated heterocycles. The van der Waals surface area contributed by atoms with E-state index in [1.807, 2.05) is 11.8 Å². The molecule has 0 radical (unpaired) electrons. The van der Waals surface area contributed by atoms with Crippen molar-refractivity contribution in [3.05, 3.63) is 0 Å². The molecular formula is C13H26N2O2. The highest BCUT2D eigenvalue weighted by Gasteiger charge is 2.37. The second-order valence-electron chi connectivity index (χ2n) is 5.06. The molecule has 100 valence electrons. The molecule has 0 spiro atoms. The summed E-state index contributed by atoms with van der Waals surface area (Å²) in [5, 5.41) is 3.34. The number of carbonyl (C=O) groups excluding carboxylic acids is 1. The van der Waals surface area contributed by atoms with E-state index in [-0.39, 0.29) is 18.1 Å². The van der Waals surface area contributed by atoms with Crippen molar-refractivity contribution in [3.8, 4) is 0 Å². The molecule has 2 atom stereocenters. The van der Waals surface area contributed by atoms with Crippen molar-refractivity contribution in [1.82, 2.24) is 10.2 Å². The van der Waals surface area contributed by atoms with Gasteiger partial charge in [-0.25, -0.2) is 0 Å². The first kappa shape index (κ1) is 14.5. The van der Waals surface area contributed by atoms with E-state index in [0.29, 0.717) is 5.92 Å². The van der Waals surface area contributed by atoms with Crippen LogP contribution in [-0.4, -0.2) is 42.8 Å². The van der Waals surface area contributed by atoms with Gasteiger partial charge in [0.25, 0.3) is 0 Å². The van der Waals surface area contributed by atoms with Crippen molar-refractivity contribution in [2.75, 3.05) is 19.8 Å². The van der Waals surface area contributed by atoms with E-state index in [1.54, 1.807) is 0 Å². The highest BCUT2D eigenvalue weighted by atomic mass is 16.5. The molecule has 1 aliphatic heterocycles. The summed E-state index contributed by atoms with van der Waals surface area (Å²) >= 11 is 0. The lowest BCUT2D eigenvalue weighted by molar-refractivity contribution is -0.130. The molecule has 1 amide bonds. The maximum atomic E-state index is 12.1. The molecule has 1 heterocycles. The van der Waals surface area contributed by atoms with Crippen LogP contribution in [0.1, 0.15) is 40.5 Å². The number of ether oxygens (including phenoxy) is 1. The average molecular weight is 242 g/mol. The summed E-state index contributed by atoms with van der Waals surface area (Å²) < 4.78 is 5.43. The number of nitrogens with one attached hydrogen (secondary N) is 1. The lowest BCUT2D eigenvalue weighted by atomic mass is 10.1. The fourth-order valence-corrected chi connectivity index (χ4v) is 2.16. The summed E-state index contributed by atoms with van der Waals surface area (Å²) in [6, 6.07) is -0.0124. The Bertz CT molecular complexity index is 244. The summed E-state index contributed by atoms with van der Waals surface area (Å²) in [7, 11) is 0. The third-order valence-corrected chi connectivity index (χ3v) is 3.14. The van der Waals surface area contributed by atoms with E-state index >= 15 is 0 Å². The average Bonchev–Trinajstić information content (AvgIpc) is 2.56. The van der Waals surface area contributed by atoms with Gasteiger partial charge in [-0.1, -0.05) is 20.8 Å². The first-order valence-electron chi connectivity index (χ1n) is 6.72. The highest BCUT2D eigenvalue weighted by Crippen LogP contribution is 2.16. The van der Waals surface area contributed by atoms with Crippen LogP contribution >= 0.6 is 0 Å². The Morgan fingerprint density at radius 3 is 2.65 bits per heavy atom. The zero-order valence-corrected chi connectivity index (χ0v) is 11.5. The van der Waals surface area contributed by atoms with E-state index in [2.05, 4.69) is 26.1 Å². The smallest absolute Gasteiger partial charge is 0.241 e. The van der Waals surface area contributed by atoms with Crippen molar-refractivity contribution in [2.24, 2.45) is 5.92 Å². The molecule has 0 aromatic carbocycles. The lowest BCUT2D eigenvalue weighted by Gasteiger charge is -2.20. The van der Waals surface area contributed by atoms with Gasteiger partial charge in [0.15, 0.2) is 0 Å². The topological polar surface area (TPSA) is 41.6 Å². The van der Waals surface area contributed by atoms with Crippen LogP contribution in [0.2, 0.25) is 0 Å². The quantitative estimate of drug-likeness (QED) is 0.690. The molecular weight excluding hydrogens is 216 g/mol. The van der Waals surface area contributed by atoms with E-state index in [1.165, 1.54) is 0 Å². The number of hydrogen-bond acceptors (Lipinski definition) is 3. The molecule has 4 heteroatoms. The highest BCUT2D eigenvalue weighted by molar-refractivity contribution is 5.84. The number of amides is 1. The fourth-order valence-electron chi connectivity index (χ4n) is 2.16. The normalized spacial score (nSPS) is 25.0. The Hall–Kier alpha value is -0.610. The number of rotatable bonds is 7. The van der Waals surface area contributed by atoms with E-state index in [4.69, 9.17) is 4.74 Å². The summed E-state index contributed by atoms with van der Waals surface area (Å²) in [5.74, 6) is 0.592. The van der Waals surface area contributed by atoms with Crippen molar-refractivity contribution < 1.29 is 9.53 Å². The maximum Gasteiger partial charge on any atom is 0.241 e. The standard InChI is InChI=1S/C13H26N2O2/c1-5-8-17-9-6-7-15-11(4)14-12(10(2)3)13(15)16/h10-12,14H,5-9H2,1-4H3. The predicted octanol–water partition coefficient (Wildman–Crippen LogP) is 1.61. The minimum atomic E-state index is -0.0124. The SMILES string of the molecule is CCCOCCCN1C(=O)C(C(C)C)NC1C. The molecule has 0 aromatic heterocycles. The van der Waals surface area contributed by atoms with Crippen LogP contribution in [0.25, 0.3) is 0 Å². The van der Waals surface area contributed by atoms with Crippen LogP contribution in [0, 0.1) is 5.92 Å². The molecule has 0 aromatic rings. The largest absolute Gasteiger partial charge is 0.381 e. The van der Waals surface area contributed by atoms with Gasteiger partial charge in [0.05, 0.1) is 12.2 Å². The molecule has 1 rings (SSSR count). The van der Waals surface area contributed by atoms with Gasteiger partial charge in [-0.3, -0.25) is 10.1 Å². The van der Waals surface area contributed by atoms with Gasteiger partial charge in [0, 0.05) is 19.8 Å². The minimum Gasteiger partial charge on any atom is -0.381 e. The van der Waals surface area contributed by atoms with Gasteiger partial charge in [-0.15, -0.1) is 0 Å². The van der Waals surface area contributed by atoms with Gasteiger partial charge in [-0.2, -0.15) is 0 Å². The summed E-state index contributed by atoms with van der Waals surface area (Å²) in [5.41, 5.74) is 0. The third-order valence-electron chi connectivity index (χ3n) is 3.14. The molecule has 4 nitrogen and oxygen atoms in total. The van der Waals surface area contributed by atoms with Gasteiger partial charge in [0.1, 0.15) is 0 Å². The summed E-state index contributed by atoms with van der Waals surface area (Å²) in [6.07, 6.45) is 2.12. The van der Waals surface area contributed by atoms with Crippen molar-refractivity contribution in [2.45, 2.75) is 52.7 Å². The molecule has 0 aliphatic carbocycles. The van der Waals surface area contributed by atoms with Crippen molar-refractivity contribution >= 4 is 5.91 Å². The molecule has 0 bridgehead atoms. The van der Waals surface area contributed by atoms with Crippen molar-refractivity contribution in [3.63, 3.8) is 0 Å². The lowest BCUT2D eigenvalue weighted by Crippen LogP contribution is -2.35. The van der Waals surface area contributed by atoms with Crippen LogP contribution in [0.15, 0.2) is 0 Å². The van der Waals surface area contributed by atoms with Gasteiger partial charge in [-0.05, 0) is 25.7 Å². The first-order valence-corrected chi connectivity index (χ1v) is 6.72. The predicted molar refractivity (Wildman–Crippen MR) is 68.7 cm³/mol. The Morgan fingerprint density at radius 2 is 2.12 bits per heavy atom. The Morgan fingerprint density at radius 1 is 1.41 bits per heavy atom. The second-order valence-corrected chi connectivity index (χ2v) is 5.06. The van der Waals surface area contributed by atoms with Gasteiger partial charge >= 0.3 is 0 Å². The monoisotopic (exact) mass is 242 g/mol. The fraction of sp³-hybridized carbons (Fsp3) is 0.923. The molecule has 17 heavy (non-hydrogen) atoms. The van der Waals surface area contributed by atoms with E-state index in [0.717, 1.165) is 32.6 Å². The molecule has 1 N–H and O–H groups in total. The zero-order chi connectivity index (χ0) is 12.8. The molecule has 1 fully saturated rings. The van der Waals surface area contributed by atoms with Gasteiger partial charge in [0.2, 0.25) is 5.91 Å². The first-order chi connectivity index (χ1) is 8.07. The number of nitrogens with zero attached hydrogens (tertiary/aromatic N) is 1. The van der Waals surface area contributed by atoms with E-state index < -0.39 is 0 Å². The molecule has 2 unspecified atom stereocenters. The van der Waals surface area contributed by atoms with Gasteiger partial charge < -0.3 is 9.64 Å². The summed E-state index contributed by atoms with van der Waals surface area (Å²) in [4.78, 5) is 14.0. The van der Waals surface area contributed by atoms with Crippen LogP contribution in [0.5, 0.6) is 0 Å². The Kier molecular flexibility index (Phi) is 5.92. The Labute approximate surface area is 105 Å². The second kappa shape index (κ2) is 6.97. The number of carbonyl (C=O) groups is 1. The summed E-state index contributed by atoms with van der Waals surface area (Å²) in [6.45, 7) is 10.7. The molecule has 0 saturated carbocycles. The minimum absolute atomic E-state index is 0.0124. The van der Waals surface area contributed by atoms with Crippen LogP contribution in [-0.2, 0) is 9.53 Å². The maximum absolute atomic E-state index is 12.1. The molecule has 1 aliphatic rings. The van der Waals surface area contributed by atoms with Crippen molar-refractivity contribution in [1.29, 1.82) is 0 Å². The Balaban J connectivity index is 2.31.